The van der Waals surface area contributed by atoms with Crippen molar-refractivity contribution in [3.05, 3.63) is 129 Å². The molecular formula is C40H38Cl2F6Hf. The van der Waals surface area contributed by atoms with E-state index in [2.05, 4.69) is 64.1 Å². The maximum Gasteiger partial charge on any atom is -0.147 e. The van der Waals surface area contributed by atoms with Gasteiger partial charge in [0.05, 0.1) is 0 Å². The number of alkyl halides is 6. The van der Waals surface area contributed by atoms with Crippen LogP contribution in [-0.4, -0.2) is 0 Å². The fourth-order valence-electron chi connectivity index (χ4n) is 8.20. The first kappa shape index (κ1) is 37.6. The third kappa shape index (κ3) is 6.53. The van der Waals surface area contributed by atoms with Crippen LogP contribution >= 0.6 is 24.8 Å². The van der Waals surface area contributed by atoms with Crippen LogP contribution in [0.1, 0.15) is 68.4 Å². The summed E-state index contributed by atoms with van der Waals surface area (Å²) < 4.78 is 83.3. The standard InChI is InChI=1S/2C19H16F3.C2H4.2ClH.Hf/c2*1-12(2)15-10-14-4-3-5-17(18(14)11-15)13-6-8-16(9-7-13)19(20,21)22;1-2;;;/h2*3-12H,1-2H3;1-2H2;2*1H;. The third-order valence-electron chi connectivity index (χ3n) is 10.5. The number of hydrogen-bond donors (Lipinski definition) is 0. The van der Waals surface area contributed by atoms with Gasteiger partial charge in [-0.1, -0.05) is 0 Å². The molecule has 258 valence electrons. The zero-order valence-corrected chi connectivity index (χ0v) is 32.8. The predicted octanol–water partition coefficient (Wildman–Crippen LogP) is 13.8. The van der Waals surface area contributed by atoms with Crippen molar-refractivity contribution in [1.29, 1.82) is 0 Å². The Bertz CT molecular complexity index is 1780. The zero-order valence-electron chi connectivity index (χ0n) is 27.5. The van der Waals surface area contributed by atoms with Crippen LogP contribution in [0.25, 0.3) is 34.4 Å². The molecular weight excluding hydrogens is 844 g/mol. The van der Waals surface area contributed by atoms with E-state index < -0.39 is 43.4 Å². The fourth-order valence-corrected chi connectivity index (χ4v) is 37.1. The normalized spacial score (nSPS) is 19.1. The quantitative estimate of drug-likeness (QED) is 0.134. The number of rotatable bonds is 6. The van der Waals surface area contributed by atoms with Gasteiger partial charge in [-0.25, -0.2) is 0 Å². The van der Waals surface area contributed by atoms with E-state index in [-0.39, 0.29) is 24.8 Å². The summed E-state index contributed by atoms with van der Waals surface area (Å²) in [6, 6.07) is 23.7. The van der Waals surface area contributed by atoms with Gasteiger partial charge in [0.1, 0.15) is 0 Å². The number of fused-ring (bicyclic) bond motifs is 2. The Kier molecular flexibility index (Phi) is 10.4. The summed E-state index contributed by atoms with van der Waals surface area (Å²) >= 11 is -3.30. The second-order valence-corrected chi connectivity index (χ2v) is 30.6. The van der Waals surface area contributed by atoms with Crippen molar-refractivity contribution >= 4 is 37.0 Å². The van der Waals surface area contributed by atoms with Crippen LogP contribution in [0.4, 0.5) is 26.3 Å². The molecule has 1 saturated heterocycles. The maximum atomic E-state index is 13.3. The van der Waals surface area contributed by atoms with Crippen LogP contribution in [0.3, 0.4) is 0 Å². The van der Waals surface area contributed by atoms with Gasteiger partial charge in [0.2, 0.25) is 0 Å². The van der Waals surface area contributed by atoms with Crippen molar-refractivity contribution in [2.75, 3.05) is 0 Å². The SMILES string of the molecule is CC(C)C1=Cc2c(-c3ccc(C(F)(F)F)cc3)cccc2[CH]1[Hf]1([CH]2C(C(C)C)=Cc3c(-c4ccc(C(F)(F)F)cc4)cccc32)[CH2][CH2]1.Cl.Cl. The van der Waals surface area contributed by atoms with Crippen molar-refractivity contribution < 1.29 is 46.3 Å². The zero-order chi connectivity index (χ0) is 33.5. The van der Waals surface area contributed by atoms with Crippen molar-refractivity contribution in [3.8, 4) is 22.3 Å². The molecule has 1 heterocycles. The van der Waals surface area contributed by atoms with E-state index in [4.69, 9.17) is 0 Å². The van der Waals surface area contributed by atoms with Gasteiger partial charge in [0.25, 0.3) is 0 Å². The number of halogens is 8. The third-order valence-corrected chi connectivity index (χ3v) is 29.4. The summed E-state index contributed by atoms with van der Waals surface area (Å²) in [6.45, 7) is 8.99. The molecule has 0 aromatic heterocycles. The molecule has 0 N–H and O–H groups in total. The van der Waals surface area contributed by atoms with E-state index in [9.17, 15) is 26.3 Å². The van der Waals surface area contributed by atoms with Crippen molar-refractivity contribution in [2.24, 2.45) is 11.8 Å². The first-order chi connectivity index (χ1) is 22.2. The van der Waals surface area contributed by atoms with Gasteiger partial charge in [-0.3, -0.25) is 0 Å². The van der Waals surface area contributed by atoms with Gasteiger partial charge in [-0.2, -0.15) is 0 Å². The molecule has 3 aliphatic rings. The summed E-state index contributed by atoms with van der Waals surface area (Å²) in [5, 5.41) is 0. The molecule has 49 heavy (non-hydrogen) atoms. The molecule has 0 amide bonds. The molecule has 0 spiro atoms. The predicted molar refractivity (Wildman–Crippen MR) is 189 cm³/mol. The summed E-state index contributed by atoms with van der Waals surface area (Å²) in [4.78, 5) is 0. The molecule has 0 bridgehead atoms. The van der Waals surface area contributed by atoms with E-state index in [1.54, 1.807) is 24.3 Å². The molecule has 4 aromatic rings. The van der Waals surface area contributed by atoms with Crippen molar-refractivity contribution in [2.45, 2.75) is 55.8 Å². The Balaban J connectivity index is 0.00000234. The topological polar surface area (TPSA) is 0 Å². The Morgan fingerprint density at radius 1 is 0.531 bits per heavy atom. The van der Waals surface area contributed by atoms with E-state index in [0.717, 1.165) is 33.4 Å². The summed E-state index contributed by atoms with van der Waals surface area (Å²) in [6.07, 6.45) is -4.09. The molecule has 2 atom stereocenters. The second-order valence-electron chi connectivity index (χ2n) is 14.0. The molecule has 0 saturated carbocycles. The van der Waals surface area contributed by atoms with Gasteiger partial charge in [0.15, 0.2) is 0 Å². The first-order valence-electron chi connectivity index (χ1n) is 16.2. The van der Waals surface area contributed by atoms with E-state index in [1.807, 2.05) is 12.1 Å². The van der Waals surface area contributed by atoms with Gasteiger partial charge in [-0.05, 0) is 0 Å². The molecule has 0 radical (unpaired) electrons. The minimum Gasteiger partial charge on any atom is -0.147 e. The van der Waals surface area contributed by atoms with E-state index in [1.165, 1.54) is 54.9 Å². The minimum absolute atomic E-state index is 0. The van der Waals surface area contributed by atoms with Gasteiger partial charge >= 0.3 is 278 Å². The van der Waals surface area contributed by atoms with Crippen LogP contribution in [0, 0.1) is 11.8 Å². The molecule has 1 aliphatic heterocycles. The maximum absolute atomic E-state index is 13.3. The summed E-state index contributed by atoms with van der Waals surface area (Å²) in [7, 11) is 0. The van der Waals surface area contributed by atoms with E-state index >= 15 is 0 Å². The van der Waals surface area contributed by atoms with Crippen LogP contribution in [0.2, 0.25) is 8.35 Å². The smallest absolute Gasteiger partial charge is 0.147 e. The first-order valence-corrected chi connectivity index (χ1v) is 25.5. The van der Waals surface area contributed by atoms with Gasteiger partial charge < -0.3 is 0 Å². The Morgan fingerprint density at radius 2 is 0.878 bits per heavy atom. The summed E-state index contributed by atoms with van der Waals surface area (Å²) in [5.74, 6) is 0.632. The number of hydrogen-bond acceptors (Lipinski definition) is 0. The van der Waals surface area contributed by atoms with Crippen LogP contribution in [0.15, 0.2) is 96.1 Å². The van der Waals surface area contributed by atoms with Crippen molar-refractivity contribution in [3.63, 3.8) is 0 Å². The molecule has 7 rings (SSSR count). The monoisotopic (exact) mass is 882 g/mol. The van der Waals surface area contributed by atoms with Crippen LogP contribution in [0.5, 0.6) is 0 Å². The molecule has 2 aliphatic carbocycles. The molecule has 0 nitrogen and oxygen atoms in total. The summed E-state index contributed by atoms with van der Waals surface area (Å²) in [5.41, 5.74) is 10.00. The van der Waals surface area contributed by atoms with Crippen molar-refractivity contribution in [1.82, 2.24) is 0 Å². The van der Waals surface area contributed by atoms with Gasteiger partial charge in [0, 0.05) is 0 Å². The Morgan fingerprint density at radius 3 is 1.16 bits per heavy atom. The molecule has 2 unspecified atom stereocenters. The number of allylic oxidation sites excluding steroid dienone is 2. The molecule has 1 fully saturated rings. The van der Waals surface area contributed by atoms with Crippen LogP contribution in [-0.2, 0) is 32.3 Å². The largest absolute Gasteiger partial charge is 0.147 e. The fraction of sp³-hybridized carbons (Fsp3) is 0.300. The van der Waals surface area contributed by atoms with E-state index in [0.29, 0.717) is 19.2 Å². The Labute approximate surface area is 300 Å². The minimum atomic E-state index is -4.38. The van der Waals surface area contributed by atoms with Gasteiger partial charge in [-0.15, -0.1) is 24.8 Å². The number of benzene rings is 4. The molecule has 4 aromatic carbocycles. The second kappa shape index (κ2) is 13.5. The van der Waals surface area contributed by atoms with Crippen LogP contribution < -0.4 is 0 Å². The average molecular weight is 882 g/mol. The molecule has 9 heteroatoms. The average Bonchev–Trinajstić information content (AvgIpc) is 3.53. The Hall–Kier alpha value is -2.61.